The summed E-state index contributed by atoms with van der Waals surface area (Å²) in [5.74, 6) is 0.771. The van der Waals surface area contributed by atoms with Crippen molar-refractivity contribution in [3.8, 4) is 11.8 Å². The minimum absolute atomic E-state index is 0.444. The lowest BCUT2D eigenvalue weighted by Gasteiger charge is -2.36. The largest absolute Gasteiger partial charge is 0.497 e. The smallest absolute Gasteiger partial charge is 0.122 e. The number of aromatic nitrogens is 1. The van der Waals surface area contributed by atoms with Crippen molar-refractivity contribution < 1.29 is 4.74 Å². The quantitative estimate of drug-likeness (QED) is 0.817. The molecule has 0 spiro atoms. The third-order valence-electron chi connectivity index (χ3n) is 3.83. The minimum Gasteiger partial charge on any atom is -0.497 e. The molecule has 0 aliphatic carbocycles. The van der Waals surface area contributed by atoms with Gasteiger partial charge >= 0.3 is 0 Å². The molecule has 0 atom stereocenters. The Hall–Kier alpha value is -1.60. The molecule has 96 valence electrons. The molecule has 2 rings (SSSR count). The lowest BCUT2D eigenvalue weighted by atomic mass is 9.76. The topological polar surface area (TPSA) is 49.2 Å². The maximum atomic E-state index is 9.57. The molecule has 1 aromatic heterocycles. The van der Waals surface area contributed by atoms with Gasteiger partial charge in [-0.3, -0.25) is 4.98 Å². The van der Waals surface area contributed by atoms with Gasteiger partial charge in [0.1, 0.15) is 11.2 Å². The Labute approximate surface area is 108 Å². The van der Waals surface area contributed by atoms with E-state index in [9.17, 15) is 5.26 Å². The molecule has 0 N–H and O–H groups in total. The zero-order valence-corrected chi connectivity index (χ0v) is 11.0. The molecule has 0 radical (unpaired) electrons. The molecule has 4 nitrogen and oxygen atoms in total. The standard InChI is InChI=1S/C14H19N3O/c1-3-17-8-5-14(11-15,6-9-17)13-10-12(18-2)4-7-16-13/h4,7,10H,3,5-6,8-9H2,1-2H3. The van der Waals surface area contributed by atoms with Gasteiger partial charge in [0.15, 0.2) is 0 Å². The van der Waals surface area contributed by atoms with E-state index in [4.69, 9.17) is 4.74 Å². The summed E-state index contributed by atoms with van der Waals surface area (Å²) in [6.07, 6.45) is 3.41. The molecular formula is C14H19N3O. The van der Waals surface area contributed by atoms with Gasteiger partial charge in [0.2, 0.25) is 0 Å². The predicted molar refractivity (Wildman–Crippen MR) is 69.4 cm³/mol. The third kappa shape index (κ3) is 2.32. The second-order valence-electron chi connectivity index (χ2n) is 4.71. The zero-order chi connectivity index (χ0) is 13.0. The van der Waals surface area contributed by atoms with E-state index in [1.54, 1.807) is 13.3 Å². The fourth-order valence-corrected chi connectivity index (χ4v) is 2.48. The highest BCUT2D eigenvalue weighted by Crippen LogP contribution is 2.34. The summed E-state index contributed by atoms with van der Waals surface area (Å²) < 4.78 is 5.22. The molecule has 1 saturated heterocycles. The lowest BCUT2D eigenvalue weighted by Crippen LogP contribution is -2.42. The fraction of sp³-hybridized carbons (Fsp3) is 0.571. The number of piperidine rings is 1. The van der Waals surface area contributed by atoms with Gasteiger partial charge < -0.3 is 9.64 Å². The first kappa shape index (κ1) is 12.8. The Kier molecular flexibility index (Phi) is 3.83. The van der Waals surface area contributed by atoms with Crippen LogP contribution >= 0.6 is 0 Å². The van der Waals surface area contributed by atoms with E-state index in [1.807, 2.05) is 12.1 Å². The molecule has 0 aromatic carbocycles. The Bertz CT molecular complexity index is 445. The molecular weight excluding hydrogens is 226 g/mol. The Morgan fingerprint density at radius 2 is 2.22 bits per heavy atom. The van der Waals surface area contributed by atoms with Crippen LogP contribution in [0.5, 0.6) is 5.75 Å². The second kappa shape index (κ2) is 5.36. The number of ether oxygens (including phenoxy) is 1. The van der Waals surface area contributed by atoms with E-state index in [-0.39, 0.29) is 0 Å². The minimum atomic E-state index is -0.444. The van der Waals surface area contributed by atoms with Crippen molar-refractivity contribution in [2.75, 3.05) is 26.7 Å². The summed E-state index contributed by atoms with van der Waals surface area (Å²) in [7, 11) is 1.64. The third-order valence-corrected chi connectivity index (χ3v) is 3.83. The van der Waals surface area contributed by atoms with Crippen molar-refractivity contribution >= 4 is 0 Å². The molecule has 4 heteroatoms. The molecule has 0 bridgehead atoms. The van der Waals surface area contributed by atoms with E-state index < -0.39 is 5.41 Å². The van der Waals surface area contributed by atoms with Gasteiger partial charge in [-0.05, 0) is 25.5 Å². The SMILES string of the molecule is CCN1CCC(C#N)(c2cc(OC)ccn2)CC1. The molecule has 1 aliphatic rings. The van der Waals surface area contributed by atoms with Crippen LogP contribution < -0.4 is 4.74 Å². The van der Waals surface area contributed by atoms with E-state index in [2.05, 4.69) is 22.9 Å². The fourth-order valence-electron chi connectivity index (χ4n) is 2.48. The first-order chi connectivity index (χ1) is 8.74. The summed E-state index contributed by atoms with van der Waals surface area (Å²) in [5, 5.41) is 9.57. The van der Waals surface area contributed by atoms with Crippen LogP contribution in [0.1, 0.15) is 25.5 Å². The Morgan fingerprint density at radius 3 is 2.78 bits per heavy atom. The van der Waals surface area contributed by atoms with E-state index >= 15 is 0 Å². The van der Waals surface area contributed by atoms with Crippen molar-refractivity contribution in [3.05, 3.63) is 24.0 Å². The molecule has 1 aromatic rings. The van der Waals surface area contributed by atoms with Gasteiger partial charge in [0.25, 0.3) is 0 Å². The molecule has 18 heavy (non-hydrogen) atoms. The Morgan fingerprint density at radius 1 is 1.50 bits per heavy atom. The lowest BCUT2D eigenvalue weighted by molar-refractivity contribution is 0.192. The van der Waals surface area contributed by atoms with Gasteiger partial charge in [-0.25, -0.2) is 0 Å². The summed E-state index contributed by atoms with van der Waals surface area (Å²) in [4.78, 5) is 6.75. The molecule has 0 saturated carbocycles. The van der Waals surface area contributed by atoms with Gasteiger partial charge in [-0.15, -0.1) is 0 Å². The second-order valence-corrected chi connectivity index (χ2v) is 4.71. The zero-order valence-electron chi connectivity index (χ0n) is 11.0. The number of rotatable bonds is 3. The highest BCUT2D eigenvalue weighted by molar-refractivity contribution is 5.33. The van der Waals surface area contributed by atoms with Crippen LogP contribution in [-0.2, 0) is 5.41 Å². The van der Waals surface area contributed by atoms with E-state index in [1.165, 1.54) is 0 Å². The monoisotopic (exact) mass is 245 g/mol. The predicted octanol–water partition coefficient (Wildman–Crippen LogP) is 1.97. The number of methoxy groups -OCH3 is 1. The maximum Gasteiger partial charge on any atom is 0.122 e. The van der Waals surface area contributed by atoms with Crippen molar-refractivity contribution in [2.24, 2.45) is 0 Å². The maximum absolute atomic E-state index is 9.57. The number of nitriles is 1. The summed E-state index contributed by atoms with van der Waals surface area (Å²) in [6, 6.07) is 6.19. The first-order valence-electron chi connectivity index (χ1n) is 6.38. The Balaban J connectivity index is 2.25. The first-order valence-corrected chi connectivity index (χ1v) is 6.38. The highest BCUT2D eigenvalue weighted by Gasteiger charge is 2.37. The summed E-state index contributed by atoms with van der Waals surface area (Å²) >= 11 is 0. The average Bonchev–Trinajstić information content (AvgIpc) is 2.47. The van der Waals surface area contributed by atoms with Crippen LogP contribution in [0, 0.1) is 11.3 Å². The molecule has 1 aliphatic heterocycles. The number of nitrogens with zero attached hydrogens (tertiary/aromatic N) is 3. The molecule has 1 fully saturated rings. The van der Waals surface area contributed by atoms with Gasteiger partial charge in [-0.1, -0.05) is 6.92 Å². The van der Waals surface area contributed by atoms with Crippen LogP contribution in [0.4, 0.5) is 0 Å². The number of hydrogen-bond donors (Lipinski definition) is 0. The van der Waals surface area contributed by atoms with E-state index in [0.717, 1.165) is 43.9 Å². The number of pyridine rings is 1. The van der Waals surface area contributed by atoms with Crippen LogP contribution in [0.2, 0.25) is 0 Å². The number of hydrogen-bond acceptors (Lipinski definition) is 4. The van der Waals surface area contributed by atoms with Crippen molar-refractivity contribution in [1.82, 2.24) is 9.88 Å². The van der Waals surface area contributed by atoms with Crippen molar-refractivity contribution in [1.29, 1.82) is 5.26 Å². The van der Waals surface area contributed by atoms with Gasteiger partial charge in [-0.2, -0.15) is 5.26 Å². The average molecular weight is 245 g/mol. The summed E-state index contributed by atoms with van der Waals surface area (Å²) in [5.41, 5.74) is 0.403. The summed E-state index contributed by atoms with van der Waals surface area (Å²) in [6.45, 7) is 5.13. The molecule has 0 unspecified atom stereocenters. The van der Waals surface area contributed by atoms with Crippen molar-refractivity contribution in [3.63, 3.8) is 0 Å². The number of likely N-dealkylation sites (tertiary alicyclic amines) is 1. The van der Waals surface area contributed by atoms with Crippen LogP contribution in [0.25, 0.3) is 0 Å². The van der Waals surface area contributed by atoms with E-state index in [0.29, 0.717) is 0 Å². The van der Waals surface area contributed by atoms with Crippen LogP contribution in [0.15, 0.2) is 18.3 Å². The normalized spacial score (nSPS) is 19.2. The highest BCUT2D eigenvalue weighted by atomic mass is 16.5. The molecule has 2 heterocycles. The van der Waals surface area contributed by atoms with Crippen LogP contribution in [0.3, 0.4) is 0 Å². The van der Waals surface area contributed by atoms with Gasteiger partial charge in [0, 0.05) is 25.4 Å². The molecule has 0 amide bonds. The van der Waals surface area contributed by atoms with Gasteiger partial charge in [0.05, 0.1) is 18.9 Å². The van der Waals surface area contributed by atoms with Crippen LogP contribution in [-0.4, -0.2) is 36.6 Å². The van der Waals surface area contributed by atoms with Crippen molar-refractivity contribution in [2.45, 2.75) is 25.2 Å².